The van der Waals surface area contributed by atoms with Gasteiger partial charge < -0.3 is 15.4 Å². The highest BCUT2D eigenvalue weighted by Gasteiger charge is 2.27. The number of hydrogen-bond donors (Lipinski definition) is 2. The molecule has 2 rings (SSSR count). The molecule has 2 fully saturated rings. The van der Waals surface area contributed by atoms with Crippen LogP contribution >= 0.6 is 0 Å². The molecule has 0 saturated heterocycles. The molecule has 0 aromatic heterocycles. The van der Waals surface area contributed by atoms with Gasteiger partial charge in [0.2, 0.25) is 0 Å². The van der Waals surface area contributed by atoms with Gasteiger partial charge in [-0.05, 0) is 78.1 Å². The van der Waals surface area contributed by atoms with Crippen LogP contribution in [0.1, 0.15) is 79.1 Å². The number of alkyl carbamates (subject to hydrolysis) is 1. The molecule has 1 amide bonds. The van der Waals surface area contributed by atoms with Crippen molar-refractivity contribution in [2.75, 3.05) is 0 Å². The zero-order valence-corrected chi connectivity index (χ0v) is 14.8. The molecule has 2 N–H and O–H groups in total. The molecular formula is C18H34N2O2. The molecule has 4 nitrogen and oxygen atoms in total. The van der Waals surface area contributed by atoms with Crippen molar-refractivity contribution in [1.29, 1.82) is 0 Å². The van der Waals surface area contributed by atoms with E-state index in [0.717, 1.165) is 37.6 Å². The highest BCUT2D eigenvalue weighted by Crippen LogP contribution is 2.26. The first kappa shape index (κ1) is 17.6. The summed E-state index contributed by atoms with van der Waals surface area (Å²) in [5, 5.41) is 6.86. The largest absolute Gasteiger partial charge is 0.444 e. The van der Waals surface area contributed by atoms with Crippen molar-refractivity contribution >= 4 is 6.09 Å². The van der Waals surface area contributed by atoms with Gasteiger partial charge in [-0.2, -0.15) is 0 Å². The minimum atomic E-state index is -0.416. The third-order valence-electron chi connectivity index (χ3n) is 4.94. The summed E-state index contributed by atoms with van der Waals surface area (Å²) in [5.74, 6) is 0.909. The Balaban J connectivity index is 1.64. The molecule has 2 saturated carbocycles. The van der Waals surface area contributed by atoms with E-state index in [1.54, 1.807) is 0 Å². The molecule has 0 bridgehead atoms. The van der Waals surface area contributed by atoms with E-state index < -0.39 is 5.60 Å². The quantitative estimate of drug-likeness (QED) is 0.828. The summed E-state index contributed by atoms with van der Waals surface area (Å²) >= 11 is 0. The monoisotopic (exact) mass is 310 g/mol. The lowest BCUT2D eigenvalue weighted by Gasteiger charge is -2.35. The second kappa shape index (κ2) is 7.67. The van der Waals surface area contributed by atoms with E-state index in [-0.39, 0.29) is 12.1 Å². The van der Waals surface area contributed by atoms with Gasteiger partial charge in [0, 0.05) is 18.1 Å². The molecule has 22 heavy (non-hydrogen) atoms. The van der Waals surface area contributed by atoms with Gasteiger partial charge in [-0.25, -0.2) is 4.79 Å². The number of ether oxygens (including phenoxy) is 1. The number of nitrogens with one attached hydrogen (secondary N) is 2. The lowest BCUT2D eigenvalue weighted by molar-refractivity contribution is 0.0488. The van der Waals surface area contributed by atoms with E-state index in [1.165, 1.54) is 25.7 Å². The summed E-state index contributed by atoms with van der Waals surface area (Å²) in [4.78, 5) is 11.8. The Bertz CT molecular complexity index is 349. The van der Waals surface area contributed by atoms with Gasteiger partial charge in [0.25, 0.3) is 0 Å². The molecule has 0 heterocycles. The fourth-order valence-corrected chi connectivity index (χ4v) is 3.64. The summed E-state index contributed by atoms with van der Waals surface area (Å²) in [6.45, 7) is 8.07. The van der Waals surface area contributed by atoms with Crippen LogP contribution in [0.2, 0.25) is 0 Å². The summed E-state index contributed by atoms with van der Waals surface area (Å²) < 4.78 is 5.33. The third-order valence-corrected chi connectivity index (χ3v) is 4.94. The highest BCUT2D eigenvalue weighted by atomic mass is 16.6. The van der Waals surface area contributed by atoms with Crippen LogP contribution in [0.4, 0.5) is 4.79 Å². The predicted octanol–water partition coefficient (Wildman–Crippen LogP) is 3.99. The van der Waals surface area contributed by atoms with Gasteiger partial charge in [0.1, 0.15) is 5.60 Å². The molecule has 0 spiro atoms. The first-order chi connectivity index (χ1) is 10.3. The molecule has 0 unspecified atom stereocenters. The Hall–Kier alpha value is -0.770. The highest BCUT2D eigenvalue weighted by molar-refractivity contribution is 5.68. The van der Waals surface area contributed by atoms with Gasteiger partial charge in [0.05, 0.1) is 0 Å². The van der Waals surface area contributed by atoms with Gasteiger partial charge in [-0.15, -0.1) is 0 Å². The maximum Gasteiger partial charge on any atom is 0.407 e. The molecule has 0 aliphatic heterocycles. The zero-order chi connectivity index (χ0) is 16.2. The van der Waals surface area contributed by atoms with Crippen molar-refractivity contribution in [2.24, 2.45) is 5.92 Å². The van der Waals surface area contributed by atoms with Crippen molar-refractivity contribution in [2.45, 2.75) is 103 Å². The number of hydrogen-bond acceptors (Lipinski definition) is 3. The van der Waals surface area contributed by atoms with Crippen LogP contribution in [0.3, 0.4) is 0 Å². The second-order valence-corrected chi connectivity index (χ2v) is 8.32. The summed E-state index contributed by atoms with van der Waals surface area (Å²) in [7, 11) is 0. The minimum Gasteiger partial charge on any atom is -0.444 e. The minimum absolute atomic E-state index is 0.273. The molecular weight excluding hydrogens is 276 g/mol. The van der Waals surface area contributed by atoms with Gasteiger partial charge in [-0.3, -0.25) is 0 Å². The Kier molecular flexibility index (Phi) is 6.13. The maximum atomic E-state index is 11.8. The SMILES string of the molecule is CC1CCC(NC2CCC(NC(=O)OC(C)(C)C)CC2)CC1. The standard InChI is InChI=1S/C18H34N2O2/c1-13-5-7-14(8-6-13)19-15-9-11-16(12-10-15)20-17(21)22-18(2,3)4/h13-16,19H,5-12H2,1-4H3,(H,20,21). The molecule has 0 aromatic carbocycles. The summed E-state index contributed by atoms with van der Waals surface area (Å²) in [5.41, 5.74) is -0.416. The number of carbonyl (C=O) groups excluding carboxylic acids is 1. The average Bonchev–Trinajstić information content (AvgIpc) is 2.41. The van der Waals surface area contributed by atoms with Crippen LogP contribution in [0.15, 0.2) is 0 Å². The zero-order valence-electron chi connectivity index (χ0n) is 14.8. The van der Waals surface area contributed by atoms with Crippen LogP contribution in [-0.4, -0.2) is 29.8 Å². The molecule has 2 aliphatic rings. The van der Waals surface area contributed by atoms with Crippen LogP contribution in [0, 0.1) is 5.92 Å². The average molecular weight is 310 g/mol. The van der Waals surface area contributed by atoms with E-state index in [0.29, 0.717) is 6.04 Å². The fourth-order valence-electron chi connectivity index (χ4n) is 3.64. The first-order valence-corrected chi connectivity index (χ1v) is 9.07. The van der Waals surface area contributed by atoms with Crippen LogP contribution < -0.4 is 10.6 Å². The molecule has 2 aliphatic carbocycles. The van der Waals surface area contributed by atoms with Crippen LogP contribution in [0.25, 0.3) is 0 Å². The first-order valence-electron chi connectivity index (χ1n) is 9.07. The maximum absolute atomic E-state index is 11.8. The fraction of sp³-hybridized carbons (Fsp3) is 0.944. The van der Waals surface area contributed by atoms with E-state index in [4.69, 9.17) is 4.74 Å². The van der Waals surface area contributed by atoms with Crippen molar-refractivity contribution in [3.8, 4) is 0 Å². The predicted molar refractivity (Wildman–Crippen MR) is 90.0 cm³/mol. The molecule has 0 atom stereocenters. The van der Waals surface area contributed by atoms with Gasteiger partial charge >= 0.3 is 6.09 Å². The molecule has 0 aromatic rings. The van der Waals surface area contributed by atoms with E-state index in [1.807, 2.05) is 20.8 Å². The molecule has 0 radical (unpaired) electrons. The number of rotatable bonds is 3. The second-order valence-electron chi connectivity index (χ2n) is 8.32. The Labute approximate surface area is 135 Å². The number of carbonyl (C=O) groups is 1. The van der Waals surface area contributed by atoms with E-state index in [2.05, 4.69) is 17.6 Å². The van der Waals surface area contributed by atoms with Crippen molar-refractivity contribution in [3.63, 3.8) is 0 Å². The Morgan fingerprint density at radius 3 is 1.82 bits per heavy atom. The van der Waals surface area contributed by atoms with Crippen molar-refractivity contribution in [3.05, 3.63) is 0 Å². The van der Waals surface area contributed by atoms with Crippen LogP contribution in [-0.2, 0) is 4.74 Å². The molecule has 4 heteroatoms. The van der Waals surface area contributed by atoms with E-state index in [9.17, 15) is 4.79 Å². The Morgan fingerprint density at radius 2 is 1.32 bits per heavy atom. The summed E-state index contributed by atoms with van der Waals surface area (Å²) in [6, 6.07) is 1.63. The van der Waals surface area contributed by atoms with E-state index >= 15 is 0 Å². The third kappa shape index (κ3) is 6.15. The normalized spacial score (nSPS) is 33.3. The smallest absolute Gasteiger partial charge is 0.407 e. The lowest BCUT2D eigenvalue weighted by Crippen LogP contribution is -2.46. The van der Waals surface area contributed by atoms with Crippen molar-refractivity contribution in [1.82, 2.24) is 10.6 Å². The number of amides is 1. The van der Waals surface area contributed by atoms with Gasteiger partial charge in [0.15, 0.2) is 0 Å². The summed E-state index contributed by atoms with van der Waals surface area (Å²) in [6.07, 6.45) is 9.55. The van der Waals surface area contributed by atoms with Crippen molar-refractivity contribution < 1.29 is 9.53 Å². The Morgan fingerprint density at radius 1 is 0.864 bits per heavy atom. The van der Waals surface area contributed by atoms with Crippen LogP contribution in [0.5, 0.6) is 0 Å². The lowest BCUT2D eigenvalue weighted by atomic mass is 9.85. The topological polar surface area (TPSA) is 50.4 Å². The molecule has 128 valence electrons. The van der Waals surface area contributed by atoms with Gasteiger partial charge in [-0.1, -0.05) is 6.92 Å².